The molecule has 1 heterocycles. The van der Waals surface area contributed by atoms with Crippen molar-refractivity contribution in [1.82, 2.24) is 4.90 Å². The lowest BCUT2D eigenvalue weighted by Crippen LogP contribution is -2.21. The van der Waals surface area contributed by atoms with E-state index in [1.165, 1.54) is 11.1 Å². The molecule has 1 nitrogen and oxygen atoms in total. The first-order valence-electron chi connectivity index (χ1n) is 4.46. The first kappa shape index (κ1) is 8.82. The number of rotatable bonds is 2. The fourth-order valence-corrected chi connectivity index (χ4v) is 2.02. The molecule has 0 saturated carbocycles. The summed E-state index contributed by atoms with van der Waals surface area (Å²) in [4.78, 5) is 2.32. The Labute approximate surface area is 87.2 Å². The van der Waals surface area contributed by atoms with E-state index in [4.69, 9.17) is 0 Å². The number of fused-ring (bicyclic) bond motifs is 1. The van der Waals surface area contributed by atoms with Crippen molar-refractivity contribution in [3.05, 3.63) is 41.6 Å². The van der Waals surface area contributed by atoms with E-state index in [0.717, 1.165) is 18.4 Å². The summed E-state index contributed by atoms with van der Waals surface area (Å²) >= 11 is 3.45. The molecule has 1 aliphatic rings. The van der Waals surface area contributed by atoms with Crippen molar-refractivity contribution in [1.29, 1.82) is 0 Å². The Hall–Kier alpha value is -0.760. The van der Waals surface area contributed by atoms with Crippen LogP contribution in [0.1, 0.15) is 11.1 Å². The first-order chi connectivity index (χ1) is 6.40. The topological polar surface area (TPSA) is 3.24 Å². The Morgan fingerprint density at radius 2 is 2.15 bits per heavy atom. The molecular formula is C11H12BrN. The summed E-state index contributed by atoms with van der Waals surface area (Å²) in [5, 5.41) is 1.03. The molecule has 1 aromatic carbocycles. The third-order valence-electron chi connectivity index (χ3n) is 2.27. The van der Waals surface area contributed by atoms with Gasteiger partial charge in [0.05, 0.1) is 0 Å². The molecule has 2 rings (SSSR count). The van der Waals surface area contributed by atoms with Crippen molar-refractivity contribution in [2.75, 3.05) is 11.9 Å². The van der Waals surface area contributed by atoms with Crippen LogP contribution < -0.4 is 0 Å². The van der Waals surface area contributed by atoms with Crippen LogP contribution in [0.4, 0.5) is 0 Å². The molecule has 0 fully saturated rings. The highest BCUT2D eigenvalue weighted by Gasteiger charge is 2.07. The van der Waals surface area contributed by atoms with Gasteiger partial charge in [0.2, 0.25) is 0 Å². The van der Waals surface area contributed by atoms with Crippen LogP contribution in [-0.4, -0.2) is 16.8 Å². The molecule has 1 aromatic rings. The van der Waals surface area contributed by atoms with Gasteiger partial charge in [-0.1, -0.05) is 40.2 Å². The van der Waals surface area contributed by atoms with Gasteiger partial charge >= 0.3 is 0 Å². The second-order valence-corrected chi connectivity index (χ2v) is 3.97. The van der Waals surface area contributed by atoms with Gasteiger partial charge in [0.1, 0.15) is 0 Å². The molecule has 0 N–H and O–H groups in total. The summed E-state index contributed by atoms with van der Waals surface area (Å²) in [5.74, 6) is 0. The number of nitrogens with zero attached hydrogens (tertiary/aromatic N) is 1. The molecule has 13 heavy (non-hydrogen) atoms. The zero-order chi connectivity index (χ0) is 9.10. The fraction of sp³-hybridized carbons (Fsp3) is 0.273. The molecule has 0 atom stereocenters. The average molecular weight is 238 g/mol. The highest BCUT2D eigenvalue weighted by atomic mass is 79.9. The highest BCUT2D eigenvalue weighted by Crippen LogP contribution is 2.18. The lowest BCUT2D eigenvalue weighted by Gasteiger charge is -2.24. The average Bonchev–Trinajstić information content (AvgIpc) is 2.18. The molecule has 0 spiro atoms. The lowest BCUT2D eigenvalue weighted by molar-refractivity contribution is 0.391. The minimum absolute atomic E-state index is 1.03. The second kappa shape index (κ2) is 3.97. The van der Waals surface area contributed by atoms with Crippen LogP contribution in [0.15, 0.2) is 30.5 Å². The van der Waals surface area contributed by atoms with Crippen LogP contribution in [0.3, 0.4) is 0 Å². The van der Waals surface area contributed by atoms with Crippen molar-refractivity contribution in [2.45, 2.75) is 6.54 Å². The minimum Gasteiger partial charge on any atom is -0.372 e. The Morgan fingerprint density at radius 3 is 3.00 bits per heavy atom. The molecule has 1 aliphatic heterocycles. The van der Waals surface area contributed by atoms with Gasteiger partial charge in [-0.3, -0.25) is 0 Å². The van der Waals surface area contributed by atoms with Crippen molar-refractivity contribution >= 4 is 22.0 Å². The van der Waals surface area contributed by atoms with Crippen LogP contribution in [0.25, 0.3) is 6.08 Å². The van der Waals surface area contributed by atoms with Gasteiger partial charge in [0.25, 0.3) is 0 Å². The van der Waals surface area contributed by atoms with E-state index < -0.39 is 0 Å². The molecule has 0 unspecified atom stereocenters. The SMILES string of the molecule is BrCCN1C=Cc2ccccc2C1. The Bertz CT molecular complexity index is 320. The predicted octanol–water partition coefficient (Wildman–Crippen LogP) is 2.87. The van der Waals surface area contributed by atoms with E-state index in [-0.39, 0.29) is 0 Å². The maximum atomic E-state index is 3.45. The van der Waals surface area contributed by atoms with Gasteiger partial charge in [-0.25, -0.2) is 0 Å². The minimum atomic E-state index is 1.03. The van der Waals surface area contributed by atoms with Crippen LogP contribution in [-0.2, 0) is 6.54 Å². The molecule has 2 heteroatoms. The molecule has 0 saturated heterocycles. The molecular weight excluding hydrogens is 226 g/mol. The summed E-state index contributed by atoms with van der Waals surface area (Å²) < 4.78 is 0. The predicted molar refractivity (Wildman–Crippen MR) is 59.7 cm³/mol. The summed E-state index contributed by atoms with van der Waals surface area (Å²) in [6, 6.07) is 8.55. The molecule has 68 valence electrons. The Balaban J connectivity index is 2.19. The Kier molecular flexibility index (Phi) is 2.69. The lowest BCUT2D eigenvalue weighted by atomic mass is 10.0. The van der Waals surface area contributed by atoms with Gasteiger partial charge in [0.15, 0.2) is 0 Å². The van der Waals surface area contributed by atoms with Crippen LogP contribution in [0.2, 0.25) is 0 Å². The Morgan fingerprint density at radius 1 is 1.31 bits per heavy atom. The van der Waals surface area contributed by atoms with Crippen molar-refractivity contribution in [3.63, 3.8) is 0 Å². The summed E-state index contributed by atoms with van der Waals surface area (Å²) in [5.41, 5.74) is 2.78. The van der Waals surface area contributed by atoms with Gasteiger partial charge in [-0.05, 0) is 23.4 Å². The monoisotopic (exact) mass is 237 g/mol. The van der Waals surface area contributed by atoms with Crippen LogP contribution in [0.5, 0.6) is 0 Å². The third-order valence-corrected chi connectivity index (χ3v) is 2.62. The van der Waals surface area contributed by atoms with E-state index in [0.29, 0.717) is 0 Å². The highest BCUT2D eigenvalue weighted by molar-refractivity contribution is 9.09. The second-order valence-electron chi connectivity index (χ2n) is 3.17. The molecule has 0 bridgehead atoms. The van der Waals surface area contributed by atoms with E-state index in [9.17, 15) is 0 Å². The van der Waals surface area contributed by atoms with Gasteiger partial charge < -0.3 is 4.90 Å². The number of halogens is 1. The van der Waals surface area contributed by atoms with Crippen molar-refractivity contribution < 1.29 is 0 Å². The van der Waals surface area contributed by atoms with Crippen molar-refractivity contribution in [3.8, 4) is 0 Å². The smallest absolute Gasteiger partial charge is 0.0430 e. The number of hydrogen-bond acceptors (Lipinski definition) is 1. The van der Waals surface area contributed by atoms with Crippen molar-refractivity contribution in [2.24, 2.45) is 0 Å². The number of benzene rings is 1. The first-order valence-corrected chi connectivity index (χ1v) is 5.58. The van der Waals surface area contributed by atoms with E-state index in [1.54, 1.807) is 0 Å². The largest absolute Gasteiger partial charge is 0.372 e. The number of hydrogen-bond donors (Lipinski definition) is 0. The molecule has 0 radical (unpaired) electrons. The number of alkyl halides is 1. The summed E-state index contributed by atoms with van der Waals surface area (Å²) in [7, 11) is 0. The fourth-order valence-electron chi connectivity index (χ4n) is 1.56. The van der Waals surface area contributed by atoms with Gasteiger partial charge in [-0.2, -0.15) is 0 Å². The summed E-state index contributed by atoms with van der Waals surface area (Å²) in [6.07, 6.45) is 4.35. The standard InChI is InChI=1S/C11H12BrN/c12-6-8-13-7-5-10-3-1-2-4-11(10)9-13/h1-5,7H,6,8-9H2. The van der Waals surface area contributed by atoms with E-state index >= 15 is 0 Å². The van der Waals surface area contributed by atoms with Crippen LogP contribution >= 0.6 is 15.9 Å². The van der Waals surface area contributed by atoms with Gasteiger partial charge in [0, 0.05) is 18.4 Å². The van der Waals surface area contributed by atoms with E-state index in [2.05, 4.69) is 57.4 Å². The normalized spacial score (nSPS) is 14.4. The van der Waals surface area contributed by atoms with Gasteiger partial charge in [-0.15, -0.1) is 0 Å². The summed E-state index contributed by atoms with van der Waals surface area (Å²) in [6.45, 7) is 2.11. The molecule has 0 aliphatic carbocycles. The zero-order valence-corrected chi connectivity index (χ0v) is 9.00. The molecule has 0 aromatic heterocycles. The zero-order valence-electron chi connectivity index (χ0n) is 7.41. The maximum Gasteiger partial charge on any atom is 0.0430 e. The van der Waals surface area contributed by atoms with E-state index in [1.807, 2.05) is 0 Å². The molecule has 0 amide bonds. The third kappa shape index (κ3) is 1.94. The maximum absolute atomic E-state index is 3.45. The van der Waals surface area contributed by atoms with Crippen LogP contribution in [0, 0.1) is 0 Å². The quantitative estimate of drug-likeness (QED) is 0.716.